The molecule has 0 aliphatic heterocycles. The van der Waals surface area contributed by atoms with Crippen molar-refractivity contribution in [2.24, 2.45) is 5.92 Å². The molecule has 0 radical (unpaired) electrons. The van der Waals surface area contributed by atoms with E-state index in [1.807, 2.05) is 30.3 Å². The minimum atomic E-state index is 0.00467. The monoisotopic (exact) mass is 286 g/mol. The Kier molecular flexibility index (Phi) is 5.55. The predicted molar refractivity (Wildman–Crippen MR) is 84.0 cm³/mol. The van der Waals surface area contributed by atoms with Gasteiger partial charge in [-0.1, -0.05) is 30.4 Å². The average Bonchev–Trinajstić information content (AvgIpc) is 2.55. The van der Waals surface area contributed by atoms with Crippen LogP contribution in [0, 0.1) is 5.92 Å². The number of amides is 2. The summed E-state index contributed by atoms with van der Waals surface area (Å²) < 4.78 is 0. The van der Waals surface area contributed by atoms with Crippen molar-refractivity contribution >= 4 is 17.5 Å². The highest BCUT2D eigenvalue weighted by molar-refractivity contribution is 5.93. The van der Waals surface area contributed by atoms with Gasteiger partial charge in [0.2, 0.25) is 11.8 Å². The second kappa shape index (κ2) is 7.62. The van der Waals surface area contributed by atoms with Gasteiger partial charge in [0.25, 0.3) is 0 Å². The lowest BCUT2D eigenvalue weighted by atomic mass is 9.94. The van der Waals surface area contributed by atoms with Crippen LogP contribution < -0.4 is 10.2 Å². The van der Waals surface area contributed by atoms with E-state index in [4.69, 9.17) is 0 Å². The van der Waals surface area contributed by atoms with Crippen LogP contribution in [0.2, 0.25) is 0 Å². The van der Waals surface area contributed by atoms with E-state index in [0.29, 0.717) is 13.0 Å². The standard InChI is InChI=1S/C17H22N2O2/c1-19(15-10-6-3-7-11-15)16(20)12-13-18-17(21)14-8-4-2-5-9-14/h2-4,6-7,10-11,14H,5,8-9,12-13H2,1H3,(H,18,21)/t14-/m1/s1. The Morgan fingerprint density at radius 2 is 2.00 bits per heavy atom. The highest BCUT2D eigenvalue weighted by Gasteiger charge is 2.18. The van der Waals surface area contributed by atoms with Gasteiger partial charge < -0.3 is 10.2 Å². The van der Waals surface area contributed by atoms with Gasteiger partial charge in [0.1, 0.15) is 0 Å². The molecule has 0 heterocycles. The summed E-state index contributed by atoms with van der Waals surface area (Å²) in [5.41, 5.74) is 0.867. The SMILES string of the molecule is CN(C(=O)CCNC(=O)[C@@H]1CC=CCC1)c1ccccc1. The first kappa shape index (κ1) is 15.3. The van der Waals surface area contributed by atoms with E-state index < -0.39 is 0 Å². The number of carbonyl (C=O) groups is 2. The smallest absolute Gasteiger partial charge is 0.228 e. The van der Waals surface area contributed by atoms with Crippen molar-refractivity contribution < 1.29 is 9.59 Å². The van der Waals surface area contributed by atoms with Crippen LogP contribution in [-0.2, 0) is 9.59 Å². The number of benzene rings is 1. The molecule has 0 fully saturated rings. The maximum atomic E-state index is 12.1. The van der Waals surface area contributed by atoms with Crippen LogP contribution in [-0.4, -0.2) is 25.4 Å². The number of rotatable bonds is 5. The van der Waals surface area contributed by atoms with Gasteiger partial charge in [0, 0.05) is 31.6 Å². The number of para-hydroxylation sites is 1. The lowest BCUT2D eigenvalue weighted by Gasteiger charge is -2.19. The van der Waals surface area contributed by atoms with E-state index in [1.54, 1.807) is 11.9 Å². The summed E-state index contributed by atoms with van der Waals surface area (Å²) in [6.07, 6.45) is 7.17. The fourth-order valence-corrected chi connectivity index (χ4v) is 2.43. The van der Waals surface area contributed by atoms with Crippen LogP contribution in [0.15, 0.2) is 42.5 Å². The minimum Gasteiger partial charge on any atom is -0.355 e. The summed E-state index contributed by atoms with van der Waals surface area (Å²) in [4.78, 5) is 25.6. The number of carbonyl (C=O) groups excluding carboxylic acids is 2. The van der Waals surface area contributed by atoms with Crippen molar-refractivity contribution in [1.82, 2.24) is 5.32 Å². The Labute approximate surface area is 125 Å². The molecule has 2 amide bonds. The van der Waals surface area contributed by atoms with Gasteiger partial charge in [-0.15, -0.1) is 0 Å². The summed E-state index contributed by atoms with van der Waals surface area (Å²) in [7, 11) is 1.76. The first-order valence-electron chi connectivity index (χ1n) is 7.43. The van der Waals surface area contributed by atoms with Crippen molar-refractivity contribution in [2.45, 2.75) is 25.7 Å². The third kappa shape index (κ3) is 4.45. The third-order valence-electron chi connectivity index (χ3n) is 3.80. The van der Waals surface area contributed by atoms with Gasteiger partial charge in [-0.25, -0.2) is 0 Å². The predicted octanol–water partition coefficient (Wildman–Crippen LogP) is 2.51. The maximum Gasteiger partial charge on any atom is 0.228 e. The van der Waals surface area contributed by atoms with Gasteiger partial charge in [-0.2, -0.15) is 0 Å². The molecule has 0 saturated heterocycles. The zero-order valence-corrected chi connectivity index (χ0v) is 12.4. The molecule has 1 aliphatic carbocycles. The van der Waals surface area contributed by atoms with Crippen molar-refractivity contribution in [3.05, 3.63) is 42.5 Å². The van der Waals surface area contributed by atoms with E-state index in [0.717, 1.165) is 24.9 Å². The number of allylic oxidation sites excluding steroid dienone is 2. The molecule has 0 aromatic heterocycles. The molecule has 0 bridgehead atoms. The summed E-state index contributed by atoms with van der Waals surface area (Å²) >= 11 is 0. The fraction of sp³-hybridized carbons (Fsp3) is 0.412. The normalized spacial score (nSPS) is 17.3. The van der Waals surface area contributed by atoms with Gasteiger partial charge in [-0.05, 0) is 31.4 Å². The van der Waals surface area contributed by atoms with Crippen LogP contribution in [0.4, 0.5) is 5.69 Å². The second-order valence-corrected chi connectivity index (χ2v) is 5.31. The van der Waals surface area contributed by atoms with Crippen molar-refractivity contribution in [3.63, 3.8) is 0 Å². The molecular weight excluding hydrogens is 264 g/mol. The largest absolute Gasteiger partial charge is 0.355 e. The molecular formula is C17H22N2O2. The molecule has 112 valence electrons. The van der Waals surface area contributed by atoms with Crippen LogP contribution in [0.1, 0.15) is 25.7 Å². The Balaban J connectivity index is 1.74. The Morgan fingerprint density at radius 1 is 1.24 bits per heavy atom. The van der Waals surface area contributed by atoms with E-state index in [2.05, 4.69) is 17.5 Å². The van der Waals surface area contributed by atoms with Crippen molar-refractivity contribution in [1.29, 1.82) is 0 Å². The molecule has 0 spiro atoms. The highest BCUT2D eigenvalue weighted by Crippen LogP contribution is 2.18. The van der Waals surface area contributed by atoms with Gasteiger partial charge in [-0.3, -0.25) is 9.59 Å². The van der Waals surface area contributed by atoms with Gasteiger partial charge >= 0.3 is 0 Å². The first-order valence-corrected chi connectivity index (χ1v) is 7.43. The number of hydrogen-bond acceptors (Lipinski definition) is 2. The number of anilines is 1. The molecule has 0 unspecified atom stereocenters. The molecule has 4 nitrogen and oxygen atoms in total. The fourth-order valence-electron chi connectivity index (χ4n) is 2.43. The van der Waals surface area contributed by atoms with Crippen LogP contribution in [0.25, 0.3) is 0 Å². The molecule has 1 aromatic carbocycles. The lowest BCUT2D eigenvalue weighted by Crippen LogP contribution is -2.35. The molecule has 1 atom stereocenters. The van der Waals surface area contributed by atoms with Gasteiger partial charge in [0.15, 0.2) is 0 Å². The molecule has 0 saturated carbocycles. The van der Waals surface area contributed by atoms with E-state index in [-0.39, 0.29) is 17.7 Å². The Hall–Kier alpha value is -2.10. The quantitative estimate of drug-likeness (QED) is 0.846. The van der Waals surface area contributed by atoms with Crippen molar-refractivity contribution in [3.8, 4) is 0 Å². The minimum absolute atomic E-state index is 0.00467. The topological polar surface area (TPSA) is 49.4 Å². The second-order valence-electron chi connectivity index (χ2n) is 5.31. The van der Waals surface area contributed by atoms with E-state index in [1.165, 1.54) is 0 Å². The van der Waals surface area contributed by atoms with E-state index >= 15 is 0 Å². The van der Waals surface area contributed by atoms with Crippen LogP contribution in [0.5, 0.6) is 0 Å². The average molecular weight is 286 g/mol. The number of nitrogens with one attached hydrogen (secondary N) is 1. The van der Waals surface area contributed by atoms with E-state index in [9.17, 15) is 9.59 Å². The molecule has 1 aromatic rings. The van der Waals surface area contributed by atoms with Crippen LogP contribution >= 0.6 is 0 Å². The maximum absolute atomic E-state index is 12.1. The number of hydrogen-bond donors (Lipinski definition) is 1. The number of nitrogens with zero attached hydrogens (tertiary/aromatic N) is 1. The molecule has 21 heavy (non-hydrogen) atoms. The highest BCUT2D eigenvalue weighted by atomic mass is 16.2. The van der Waals surface area contributed by atoms with Gasteiger partial charge in [0.05, 0.1) is 0 Å². The summed E-state index contributed by atoms with van der Waals surface area (Å²) in [6.45, 7) is 0.398. The molecule has 1 aliphatic rings. The Morgan fingerprint density at radius 3 is 2.67 bits per heavy atom. The van der Waals surface area contributed by atoms with Crippen molar-refractivity contribution in [2.75, 3.05) is 18.5 Å². The third-order valence-corrected chi connectivity index (χ3v) is 3.80. The van der Waals surface area contributed by atoms with Crippen LogP contribution in [0.3, 0.4) is 0 Å². The zero-order chi connectivity index (χ0) is 15.1. The molecule has 1 N–H and O–H groups in total. The molecule has 4 heteroatoms. The zero-order valence-electron chi connectivity index (χ0n) is 12.4. The Bertz CT molecular complexity index is 511. The summed E-state index contributed by atoms with van der Waals surface area (Å²) in [5, 5.41) is 2.87. The summed E-state index contributed by atoms with van der Waals surface area (Å²) in [6, 6.07) is 9.51. The summed E-state index contributed by atoms with van der Waals surface area (Å²) in [5.74, 6) is 0.136. The molecule has 2 rings (SSSR count). The lowest BCUT2D eigenvalue weighted by molar-refractivity contribution is -0.125. The first-order chi connectivity index (χ1) is 10.2.